The third-order valence-corrected chi connectivity index (χ3v) is 5.18. The third kappa shape index (κ3) is 4.18. The van der Waals surface area contributed by atoms with Crippen molar-refractivity contribution in [1.29, 1.82) is 0 Å². The standard InChI is InChI=1S/C19H25N3O3/c20-17(23)14-7-3-8-15(11-14)18(24)21-16-9-4-10-22(12-16)19(25)13-5-1-2-6-13/h3,7-8,11,13,16H,1-2,4-6,9-10,12H2,(H2,20,23)(H,21,24). The van der Waals surface area contributed by atoms with E-state index in [2.05, 4.69) is 5.32 Å². The van der Waals surface area contributed by atoms with E-state index in [-0.39, 0.29) is 23.8 Å². The SMILES string of the molecule is NC(=O)c1cccc(C(=O)NC2CCCN(C(=O)C3CCCC3)C2)c1. The van der Waals surface area contributed by atoms with Crippen molar-refractivity contribution in [2.24, 2.45) is 11.7 Å². The second kappa shape index (κ2) is 7.68. The zero-order valence-corrected chi connectivity index (χ0v) is 14.4. The molecule has 1 atom stereocenters. The number of piperidine rings is 1. The minimum Gasteiger partial charge on any atom is -0.366 e. The molecule has 2 fully saturated rings. The van der Waals surface area contributed by atoms with E-state index in [0.717, 1.165) is 45.1 Å². The van der Waals surface area contributed by atoms with E-state index in [1.165, 1.54) is 6.07 Å². The Bertz CT molecular complexity index is 668. The normalized spacial score (nSPS) is 21.1. The van der Waals surface area contributed by atoms with Gasteiger partial charge in [-0.25, -0.2) is 0 Å². The number of carbonyl (C=O) groups is 3. The number of primary amides is 1. The predicted molar refractivity (Wildman–Crippen MR) is 94.0 cm³/mol. The molecule has 3 amide bonds. The molecule has 0 spiro atoms. The van der Waals surface area contributed by atoms with Gasteiger partial charge in [-0.3, -0.25) is 14.4 Å². The fourth-order valence-corrected chi connectivity index (χ4v) is 3.81. The highest BCUT2D eigenvalue weighted by atomic mass is 16.2. The summed E-state index contributed by atoms with van der Waals surface area (Å²) in [5.74, 6) is -0.377. The highest BCUT2D eigenvalue weighted by Crippen LogP contribution is 2.27. The second-order valence-electron chi connectivity index (χ2n) is 7.02. The van der Waals surface area contributed by atoms with Gasteiger partial charge in [-0.1, -0.05) is 18.9 Å². The molecule has 0 radical (unpaired) electrons. The van der Waals surface area contributed by atoms with Gasteiger partial charge in [-0.15, -0.1) is 0 Å². The van der Waals surface area contributed by atoms with Gasteiger partial charge in [0.2, 0.25) is 11.8 Å². The number of amides is 3. The average molecular weight is 343 g/mol. The Labute approximate surface area is 147 Å². The first-order chi connectivity index (χ1) is 12.0. The molecule has 3 N–H and O–H groups in total. The van der Waals surface area contributed by atoms with Gasteiger partial charge in [0.25, 0.3) is 5.91 Å². The molecule has 1 saturated carbocycles. The predicted octanol–water partition coefficient (Wildman–Crippen LogP) is 1.70. The number of likely N-dealkylation sites (tertiary alicyclic amines) is 1. The maximum atomic E-state index is 12.6. The van der Waals surface area contributed by atoms with E-state index in [9.17, 15) is 14.4 Å². The number of nitrogens with two attached hydrogens (primary N) is 1. The van der Waals surface area contributed by atoms with Gasteiger partial charge in [-0.2, -0.15) is 0 Å². The van der Waals surface area contributed by atoms with Crippen LogP contribution in [0.5, 0.6) is 0 Å². The van der Waals surface area contributed by atoms with E-state index in [4.69, 9.17) is 5.73 Å². The quantitative estimate of drug-likeness (QED) is 0.871. The number of benzene rings is 1. The Hall–Kier alpha value is -2.37. The smallest absolute Gasteiger partial charge is 0.251 e. The van der Waals surface area contributed by atoms with Gasteiger partial charge in [0, 0.05) is 36.2 Å². The lowest BCUT2D eigenvalue weighted by atomic mass is 10.0. The van der Waals surface area contributed by atoms with Crippen molar-refractivity contribution in [3.05, 3.63) is 35.4 Å². The van der Waals surface area contributed by atoms with Crippen molar-refractivity contribution in [2.75, 3.05) is 13.1 Å². The van der Waals surface area contributed by atoms with Crippen LogP contribution in [0.2, 0.25) is 0 Å². The summed E-state index contributed by atoms with van der Waals surface area (Å²) in [4.78, 5) is 38.2. The number of nitrogens with zero attached hydrogens (tertiary/aromatic N) is 1. The summed E-state index contributed by atoms with van der Waals surface area (Å²) in [6.07, 6.45) is 6.01. The molecule has 25 heavy (non-hydrogen) atoms. The highest BCUT2D eigenvalue weighted by molar-refractivity contribution is 5.99. The zero-order chi connectivity index (χ0) is 17.8. The van der Waals surface area contributed by atoms with Crippen LogP contribution in [0.3, 0.4) is 0 Å². The Kier molecular flexibility index (Phi) is 5.36. The van der Waals surface area contributed by atoms with E-state index < -0.39 is 5.91 Å². The van der Waals surface area contributed by atoms with Gasteiger partial charge in [0.1, 0.15) is 0 Å². The first-order valence-electron chi connectivity index (χ1n) is 9.04. The molecule has 1 saturated heterocycles. The number of rotatable bonds is 4. The summed E-state index contributed by atoms with van der Waals surface area (Å²) >= 11 is 0. The van der Waals surface area contributed by atoms with Gasteiger partial charge in [0.15, 0.2) is 0 Å². The monoisotopic (exact) mass is 343 g/mol. The van der Waals surface area contributed by atoms with Gasteiger partial charge < -0.3 is 16.0 Å². The average Bonchev–Trinajstić information content (AvgIpc) is 3.16. The molecule has 6 heteroatoms. The molecule has 0 bridgehead atoms. The number of hydrogen-bond donors (Lipinski definition) is 2. The number of hydrogen-bond acceptors (Lipinski definition) is 3. The Morgan fingerprint density at radius 3 is 2.48 bits per heavy atom. The lowest BCUT2D eigenvalue weighted by Gasteiger charge is -2.34. The van der Waals surface area contributed by atoms with E-state index in [1.807, 2.05) is 4.90 Å². The van der Waals surface area contributed by atoms with Crippen LogP contribution in [0.15, 0.2) is 24.3 Å². The molecule has 1 aromatic rings. The van der Waals surface area contributed by atoms with Gasteiger partial charge in [0.05, 0.1) is 0 Å². The molecule has 1 aliphatic heterocycles. The molecule has 1 unspecified atom stereocenters. The third-order valence-electron chi connectivity index (χ3n) is 5.18. The molecular weight excluding hydrogens is 318 g/mol. The van der Waals surface area contributed by atoms with E-state index >= 15 is 0 Å². The second-order valence-corrected chi connectivity index (χ2v) is 7.02. The van der Waals surface area contributed by atoms with Crippen molar-refractivity contribution < 1.29 is 14.4 Å². The Morgan fingerprint density at radius 2 is 1.76 bits per heavy atom. The molecule has 134 valence electrons. The van der Waals surface area contributed by atoms with E-state index in [0.29, 0.717) is 17.7 Å². The molecule has 1 heterocycles. The molecule has 6 nitrogen and oxygen atoms in total. The van der Waals surface area contributed by atoms with Gasteiger partial charge in [-0.05, 0) is 43.9 Å². The van der Waals surface area contributed by atoms with Crippen molar-refractivity contribution in [3.8, 4) is 0 Å². The number of nitrogens with one attached hydrogen (secondary N) is 1. The maximum absolute atomic E-state index is 12.6. The van der Waals surface area contributed by atoms with Crippen LogP contribution in [-0.4, -0.2) is 41.8 Å². The van der Waals surface area contributed by atoms with Crippen molar-refractivity contribution >= 4 is 17.7 Å². The number of carbonyl (C=O) groups excluding carboxylic acids is 3. The van der Waals surface area contributed by atoms with Crippen LogP contribution >= 0.6 is 0 Å². The van der Waals surface area contributed by atoms with Crippen molar-refractivity contribution in [2.45, 2.75) is 44.6 Å². The van der Waals surface area contributed by atoms with Crippen LogP contribution in [0, 0.1) is 5.92 Å². The highest BCUT2D eigenvalue weighted by Gasteiger charge is 2.31. The minimum absolute atomic E-state index is 0.0520. The summed E-state index contributed by atoms with van der Waals surface area (Å²) in [6, 6.07) is 6.34. The summed E-state index contributed by atoms with van der Waals surface area (Å²) in [7, 11) is 0. The lowest BCUT2D eigenvalue weighted by Crippen LogP contribution is -2.50. The van der Waals surface area contributed by atoms with Gasteiger partial charge >= 0.3 is 0 Å². The Morgan fingerprint density at radius 1 is 1.04 bits per heavy atom. The lowest BCUT2D eigenvalue weighted by molar-refractivity contribution is -0.136. The Balaban J connectivity index is 1.60. The van der Waals surface area contributed by atoms with Crippen LogP contribution in [0.25, 0.3) is 0 Å². The fraction of sp³-hybridized carbons (Fsp3) is 0.526. The van der Waals surface area contributed by atoms with Crippen molar-refractivity contribution in [3.63, 3.8) is 0 Å². The topological polar surface area (TPSA) is 92.5 Å². The molecule has 1 aliphatic carbocycles. The fourth-order valence-electron chi connectivity index (χ4n) is 3.81. The molecule has 3 rings (SSSR count). The summed E-state index contributed by atoms with van der Waals surface area (Å²) < 4.78 is 0. The maximum Gasteiger partial charge on any atom is 0.251 e. The molecule has 2 aliphatic rings. The van der Waals surface area contributed by atoms with E-state index in [1.54, 1.807) is 18.2 Å². The molecule has 0 aromatic heterocycles. The van der Waals surface area contributed by atoms with Crippen LogP contribution in [0.1, 0.15) is 59.2 Å². The first-order valence-corrected chi connectivity index (χ1v) is 9.04. The van der Waals surface area contributed by atoms with Crippen LogP contribution < -0.4 is 11.1 Å². The zero-order valence-electron chi connectivity index (χ0n) is 14.4. The minimum atomic E-state index is -0.555. The molecule has 1 aromatic carbocycles. The van der Waals surface area contributed by atoms with Crippen LogP contribution in [0.4, 0.5) is 0 Å². The summed E-state index contributed by atoms with van der Waals surface area (Å²) in [5.41, 5.74) is 5.99. The first kappa shape index (κ1) is 17.5. The summed E-state index contributed by atoms with van der Waals surface area (Å²) in [6.45, 7) is 1.34. The molecular formula is C19H25N3O3. The largest absolute Gasteiger partial charge is 0.366 e. The van der Waals surface area contributed by atoms with Crippen molar-refractivity contribution in [1.82, 2.24) is 10.2 Å². The summed E-state index contributed by atoms with van der Waals surface area (Å²) in [5, 5.41) is 2.99. The van der Waals surface area contributed by atoms with Crippen LogP contribution in [-0.2, 0) is 4.79 Å².